The highest BCUT2D eigenvalue weighted by Gasteiger charge is 2.43. The molecule has 2 aliphatic rings. The van der Waals surface area contributed by atoms with Crippen molar-refractivity contribution in [2.75, 3.05) is 0 Å². The first kappa shape index (κ1) is 10.8. The molecule has 1 aromatic heterocycles. The van der Waals surface area contributed by atoms with Gasteiger partial charge in [-0.05, 0) is 19.3 Å². The minimum atomic E-state index is 0.109. The monoisotopic (exact) mass is 231 g/mol. The van der Waals surface area contributed by atoms with Crippen LogP contribution in [0.5, 0.6) is 0 Å². The van der Waals surface area contributed by atoms with Gasteiger partial charge in [-0.25, -0.2) is 0 Å². The average molecular weight is 231 g/mol. The molecule has 0 saturated heterocycles. The van der Waals surface area contributed by atoms with Crippen LogP contribution in [0.4, 0.5) is 0 Å². The van der Waals surface area contributed by atoms with Crippen molar-refractivity contribution < 1.29 is 4.52 Å². The van der Waals surface area contributed by atoms with E-state index in [1.165, 1.54) is 38.5 Å². The van der Waals surface area contributed by atoms with Crippen LogP contribution in [0.25, 0.3) is 0 Å². The van der Waals surface area contributed by atoms with E-state index in [1.54, 1.807) is 0 Å². The molecule has 2 fully saturated rings. The molecule has 0 aromatic carbocycles. The lowest BCUT2D eigenvalue weighted by molar-refractivity contribution is 0.366. The lowest BCUT2D eigenvalue weighted by Gasteiger charge is -2.07. The third-order valence-electron chi connectivity index (χ3n) is 3.95. The number of rotatable bonds is 2. The summed E-state index contributed by atoms with van der Waals surface area (Å²) in [7, 11) is 0. The largest absolute Gasteiger partial charge is 0.339 e. The molecule has 4 heteroatoms. The van der Waals surface area contributed by atoms with E-state index >= 15 is 0 Å². The fraction of sp³-hybridized carbons (Fsp3) is 0.769. The summed E-state index contributed by atoms with van der Waals surface area (Å²) in [5, 5.41) is 12.9. The van der Waals surface area contributed by atoms with Crippen molar-refractivity contribution in [1.29, 1.82) is 5.26 Å². The van der Waals surface area contributed by atoms with Crippen molar-refractivity contribution in [2.24, 2.45) is 5.92 Å². The zero-order valence-corrected chi connectivity index (χ0v) is 9.93. The summed E-state index contributed by atoms with van der Waals surface area (Å²) in [6.07, 6.45) is 8.48. The Bertz CT molecular complexity index is 426. The third-order valence-corrected chi connectivity index (χ3v) is 3.95. The molecule has 1 heterocycles. The standard InChI is InChI=1S/C13H17N3O/c14-8-10-7-11(10)13-15-12(16-17-13)9-5-3-1-2-4-6-9/h9-11H,1-7H2. The van der Waals surface area contributed by atoms with E-state index in [1.807, 2.05) is 0 Å². The molecule has 17 heavy (non-hydrogen) atoms. The first-order valence-corrected chi connectivity index (χ1v) is 6.61. The van der Waals surface area contributed by atoms with Gasteiger partial charge in [-0.1, -0.05) is 30.8 Å². The van der Waals surface area contributed by atoms with Crippen molar-refractivity contribution in [3.8, 4) is 6.07 Å². The first-order valence-electron chi connectivity index (χ1n) is 6.61. The lowest BCUT2D eigenvalue weighted by Crippen LogP contribution is -1.99. The van der Waals surface area contributed by atoms with E-state index in [2.05, 4.69) is 16.2 Å². The molecule has 3 rings (SSSR count). The number of hydrogen-bond acceptors (Lipinski definition) is 4. The Hall–Kier alpha value is -1.37. The number of hydrogen-bond donors (Lipinski definition) is 0. The predicted octanol–water partition coefficient (Wildman–Crippen LogP) is 3.13. The van der Waals surface area contributed by atoms with Gasteiger partial charge in [-0.2, -0.15) is 10.2 Å². The molecule has 2 atom stereocenters. The molecule has 0 bridgehead atoms. The summed E-state index contributed by atoms with van der Waals surface area (Å²) in [5.41, 5.74) is 0. The van der Waals surface area contributed by atoms with Crippen molar-refractivity contribution in [2.45, 2.75) is 56.8 Å². The fourth-order valence-electron chi connectivity index (χ4n) is 2.71. The maximum absolute atomic E-state index is 8.79. The van der Waals surface area contributed by atoms with E-state index < -0.39 is 0 Å². The second kappa shape index (κ2) is 4.48. The van der Waals surface area contributed by atoms with Gasteiger partial charge < -0.3 is 4.52 Å². The first-order chi connectivity index (χ1) is 8.38. The normalized spacial score (nSPS) is 29.6. The van der Waals surface area contributed by atoms with E-state index in [9.17, 15) is 0 Å². The van der Waals surface area contributed by atoms with Crippen molar-refractivity contribution in [1.82, 2.24) is 10.1 Å². The highest BCUT2D eigenvalue weighted by atomic mass is 16.5. The molecular weight excluding hydrogens is 214 g/mol. The van der Waals surface area contributed by atoms with E-state index in [0.29, 0.717) is 11.8 Å². The topological polar surface area (TPSA) is 62.7 Å². The van der Waals surface area contributed by atoms with Gasteiger partial charge >= 0.3 is 0 Å². The average Bonchev–Trinajstić information content (AvgIpc) is 3.07. The van der Waals surface area contributed by atoms with Crippen LogP contribution in [0.15, 0.2) is 4.52 Å². The van der Waals surface area contributed by atoms with Gasteiger partial charge in [0.2, 0.25) is 5.89 Å². The van der Waals surface area contributed by atoms with Crippen LogP contribution in [0.3, 0.4) is 0 Å². The van der Waals surface area contributed by atoms with Crippen molar-refractivity contribution >= 4 is 0 Å². The third kappa shape index (κ3) is 2.19. The summed E-state index contributed by atoms with van der Waals surface area (Å²) in [6, 6.07) is 2.26. The second-order valence-corrected chi connectivity index (χ2v) is 5.26. The Labute approximate surface area is 101 Å². The maximum atomic E-state index is 8.79. The Morgan fingerprint density at radius 1 is 1.18 bits per heavy atom. The molecule has 2 unspecified atom stereocenters. The van der Waals surface area contributed by atoms with Gasteiger partial charge in [0.1, 0.15) is 0 Å². The quantitative estimate of drug-likeness (QED) is 0.733. The molecule has 1 aromatic rings. The number of nitrogens with zero attached hydrogens (tertiary/aromatic N) is 3. The van der Waals surface area contributed by atoms with Crippen LogP contribution in [-0.2, 0) is 0 Å². The van der Waals surface area contributed by atoms with Crippen LogP contribution in [0.2, 0.25) is 0 Å². The smallest absolute Gasteiger partial charge is 0.231 e. The van der Waals surface area contributed by atoms with Crippen molar-refractivity contribution in [3.63, 3.8) is 0 Å². The zero-order valence-electron chi connectivity index (χ0n) is 9.93. The van der Waals surface area contributed by atoms with Crippen molar-refractivity contribution in [3.05, 3.63) is 11.7 Å². The zero-order chi connectivity index (χ0) is 11.7. The Morgan fingerprint density at radius 3 is 2.59 bits per heavy atom. The molecular formula is C13H17N3O. The minimum Gasteiger partial charge on any atom is -0.339 e. The Kier molecular flexibility index (Phi) is 2.84. The summed E-state index contributed by atoms with van der Waals surface area (Å²) in [6.45, 7) is 0. The summed E-state index contributed by atoms with van der Waals surface area (Å²) >= 11 is 0. The van der Waals surface area contributed by atoms with E-state index in [4.69, 9.17) is 9.78 Å². The van der Waals surface area contributed by atoms with E-state index in [-0.39, 0.29) is 11.8 Å². The van der Waals surface area contributed by atoms with E-state index in [0.717, 1.165) is 12.2 Å². The molecule has 0 aliphatic heterocycles. The fourth-order valence-corrected chi connectivity index (χ4v) is 2.71. The van der Waals surface area contributed by atoms with Gasteiger partial charge in [-0.3, -0.25) is 0 Å². The van der Waals surface area contributed by atoms with Crippen LogP contribution in [-0.4, -0.2) is 10.1 Å². The van der Waals surface area contributed by atoms with Crippen LogP contribution in [0, 0.1) is 17.2 Å². The predicted molar refractivity (Wildman–Crippen MR) is 61.2 cm³/mol. The maximum Gasteiger partial charge on any atom is 0.231 e. The molecule has 0 N–H and O–H groups in total. The van der Waals surface area contributed by atoms with Gasteiger partial charge in [0.05, 0.1) is 17.9 Å². The van der Waals surface area contributed by atoms with Crippen LogP contribution >= 0.6 is 0 Å². The molecule has 90 valence electrons. The SMILES string of the molecule is N#CC1CC1c1nc(C2CCCCCC2)no1. The van der Waals surface area contributed by atoms with Crippen LogP contribution < -0.4 is 0 Å². The lowest BCUT2D eigenvalue weighted by atomic mass is 10.00. The Balaban J connectivity index is 1.69. The second-order valence-electron chi connectivity index (χ2n) is 5.26. The summed E-state index contributed by atoms with van der Waals surface area (Å²) in [4.78, 5) is 4.51. The highest BCUT2D eigenvalue weighted by molar-refractivity contribution is 5.15. The molecule has 2 aliphatic carbocycles. The van der Waals surface area contributed by atoms with Gasteiger partial charge in [0, 0.05) is 5.92 Å². The summed E-state index contributed by atoms with van der Waals surface area (Å²) < 4.78 is 5.30. The minimum absolute atomic E-state index is 0.109. The Morgan fingerprint density at radius 2 is 1.94 bits per heavy atom. The molecule has 0 spiro atoms. The van der Waals surface area contributed by atoms with Crippen LogP contribution in [0.1, 0.15) is 68.5 Å². The number of nitriles is 1. The van der Waals surface area contributed by atoms with Gasteiger partial charge in [0.15, 0.2) is 5.82 Å². The molecule has 0 radical (unpaired) electrons. The summed E-state index contributed by atoms with van der Waals surface area (Å²) in [5.74, 6) is 2.38. The molecule has 4 nitrogen and oxygen atoms in total. The molecule has 2 saturated carbocycles. The highest BCUT2D eigenvalue weighted by Crippen LogP contribution is 2.46. The molecule has 0 amide bonds. The number of aromatic nitrogens is 2. The van der Waals surface area contributed by atoms with Gasteiger partial charge in [0.25, 0.3) is 0 Å². The van der Waals surface area contributed by atoms with Gasteiger partial charge in [-0.15, -0.1) is 0 Å².